The van der Waals surface area contributed by atoms with Crippen molar-refractivity contribution >= 4 is 34.4 Å². The van der Waals surface area contributed by atoms with Gasteiger partial charge in [0.05, 0.1) is 17.7 Å². The lowest BCUT2D eigenvalue weighted by Crippen LogP contribution is -2.20. The van der Waals surface area contributed by atoms with Gasteiger partial charge in [-0.1, -0.05) is 18.2 Å². The monoisotopic (exact) mass is 317 g/mol. The largest absolute Gasteiger partial charge is 0.495 e. The molecule has 0 radical (unpaired) electrons. The summed E-state index contributed by atoms with van der Waals surface area (Å²) in [6.45, 7) is 1.96. The minimum atomic E-state index is -0.470. The Kier molecular flexibility index (Phi) is 4.90. The van der Waals surface area contributed by atoms with Crippen molar-refractivity contribution in [3.8, 4) is 5.75 Å². The third kappa shape index (κ3) is 3.70. The molecule has 0 saturated heterocycles. The molecule has 114 valence electrons. The van der Waals surface area contributed by atoms with Crippen LogP contribution in [0.4, 0.5) is 17.1 Å². The van der Waals surface area contributed by atoms with E-state index in [1.54, 1.807) is 0 Å². The van der Waals surface area contributed by atoms with E-state index in [2.05, 4.69) is 10.6 Å². The molecule has 0 aliphatic rings. The van der Waals surface area contributed by atoms with E-state index in [0.717, 1.165) is 11.3 Å². The molecular weight excluding hydrogens is 302 g/mol. The summed E-state index contributed by atoms with van der Waals surface area (Å²) in [5.74, 6) is 0.472. The Morgan fingerprint density at radius 3 is 2.50 bits per heavy atom. The van der Waals surface area contributed by atoms with Gasteiger partial charge in [0.2, 0.25) is 0 Å². The summed E-state index contributed by atoms with van der Waals surface area (Å²) in [6.07, 6.45) is 0. The van der Waals surface area contributed by atoms with Crippen LogP contribution in [0.2, 0.25) is 0 Å². The molecule has 0 heterocycles. The minimum absolute atomic E-state index is 0.0398. The maximum atomic E-state index is 10.9. The van der Waals surface area contributed by atoms with E-state index >= 15 is 0 Å². The van der Waals surface area contributed by atoms with Crippen LogP contribution in [0.5, 0.6) is 5.75 Å². The third-order valence-corrected chi connectivity index (χ3v) is 3.24. The van der Waals surface area contributed by atoms with Gasteiger partial charge < -0.3 is 15.4 Å². The number of rotatable bonds is 4. The van der Waals surface area contributed by atoms with Crippen LogP contribution >= 0.6 is 12.2 Å². The Balaban J connectivity index is 2.19. The fraction of sp³-hybridized carbons (Fsp3) is 0.133. The Bertz CT molecular complexity index is 719. The lowest BCUT2D eigenvalue weighted by atomic mass is 10.2. The lowest BCUT2D eigenvalue weighted by molar-refractivity contribution is -0.384. The average Bonchev–Trinajstić information content (AvgIpc) is 2.49. The maximum absolute atomic E-state index is 10.9. The van der Waals surface area contributed by atoms with Gasteiger partial charge in [-0.25, -0.2) is 0 Å². The van der Waals surface area contributed by atoms with Crippen LogP contribution in [0, 0.1) is 17.0 Å². The van der Waals surface area contributed by atoms with Gasteiger partial charge in [0, 0.05) is 17.8 Å². The zero-order chi connectivity index (χ0) is 16.1. The van der Waals surface area contributed by atoms with Gasteiger partial charge >= 0.3 is 0 Å². The highest BCUT2D eigenvalue weighted by atomic mass is 32.1. The van der Waals surface area contributed by atoms with Gasteiger partial charge in [-0.2, -0.15) is 0 Å². The number of ether oxygens (including phenoxy) is 1. The number of aryl methyl sites for hydroxylation is 1. The highest BCUT2D eigenvalue weighted by Gasteiger charge is 2.12. The van der Waals surface area contributed by atoms with E-state index in [0.29, 0.717) is 16.5 Å². The van der Waals surface area contributed by atoms with Crippen molar-refractivity contribution in [1.82, 2.24) is 0 Å². The minimum Gasteiger partial charge on any atom is -0.495 e. The number of methoxy groups -OCH3 is 1. The second-order valence-corrected chi connectivity index (χ2v) is 4.94. The molecule has 0 aliphatic heterocycles. The predicted octanol–water partition coefficient (Wildman–Crippen LogP) is 3.72. The average molecular weight is 317 g/mol. The van der Waals surface area contributed by atoms with Crippen LogP contribution in [-0.4, -0.2) is 17.1 Å². The quantitative estimate of drug-likeness (QED) is 0.508. The van der Waals surface area contributed by atoms with Gasteiger partial charge in [0.1, 0.15) is 5.75 Å². The van der Waals surface area contributed by atoms with E-state index in [9.17, 15) is 10.1 Å². The van der Waals surface area contributed by atoms with Crippen LogP contribution in [0.1, 0.15) is 5.56 Å². The van der Waals surface area contributed by atoms with Crippen molar-refractivity contribution in [1.29, 1.82) is 0 Å². The normalized spacial score (nSPS) is 9.91. The number of hydrogen-bond acceptors (Lipinski definition) is 4. The molecule has 2 rings (SSSR count). The zero-order valence-electron chi connectivity index (χ0n) is 12.1. The molecule has 0 amide bonds. The third-order valence-electron chi connectivity index (χ3n) is 3.04. The highest BCUT2D eigenvalue weighted by molar-refractivity contribution is 7.80. The molecule has 2 aromatic rings. The molecule has 22 heavy (non-hydrogen) atoms. The first kappa shape index (κ1) is 15.7. The number of non-ortho nitro benzene ring substituents is 1. The maximum Gasteiger partial charge on any atom is 0.271 e. The van der Waals surface area contributed by atoms with Crippen molar-refractivity contribution in [3.05, 3.63) is 58.1 Å². The molecule has 7 heteroatoms. The number of hydrogen-bond donors (Lipinski definition) is 2. The number of nitrogens with zero attached hydrogens (tertiary/aromatic N) is 1. The van der Waals surface area contributed by atoms with Crippen LogP contribution in [0.25, 0.3) is 0 Å². The van der Waals surface area contributed by atoms with Gasteiger partial charge in [-0.3, -0.25) is 10.1 Å². The Labute approximate surface area is 133 Å². The SMILES string of the molecule is COc1ccc([N+](=O)[O-])cc1NC(=S)Nc1ccccc1C. The first-order valence-electron chi connectivity index (χ1n) is 6.47. The molecule has 0 atom stereocenters. The molecule has 6 nitrogen and oxygen atoms in total. The predicted molar refractivity (Wildman–Crippen MR) is 90.7 cm³/mol. The Morgan fingerprint density at radius 2 is 1.86 bits per heavy atom. The number of nitrogens with one attached hydrogen (secondary N) is 2. The van der Waals surface area contributed by atoms with Crippen LogP contribution < -0.4 is 15.4 Å². The Morgan fingerprint density at radius 1 is 1.18 bits per heavy atom. The van der Waals surface area contributed by atoms with Gasteiger partial charge in [0.25, 0.3) is 5.69 Å². The zero-order valence-corrected chi connectivity index (χ0v) is 12.9. The van der Waals surface area contributed by atoms with Gasteiger partial charge in [-0.15, -0.1) is 0 Å². The summed E-state index contributed by atoms with van der Waals surface area (Å²) in [5.41, 5.74) is 2.30. The molecule has 0 aromatic heterocycles. The van der Waals surface area contributed by atoms with E-state index in [4.69, 9.17) is 17.0 Å². The Hall–Kier alpha value is -2.67. The molecule has 0 unspecified atom stereocenters. The molecule has 0 aliphatic carbocycles. The highest BCUT2D eigenvalue weighted by Crippen LogP contribution is 2.29. The topological polar surface area (TPSA) is 76.4 Å². The summed E-state index contributed by atoms with van der Waals surface area (Å²) in [5, 5.41) is 17.2. The number of para-hydroxylation sites is 1. The molecule has 2 N–H and O–H groups in total. The molecule has 0 spiro atoms. The molecular formula is C15H15N3O3S. The fourth-order valence-corrected chi connectivity index (χ4v) is 2.12. The van der Waals surface area contributed by atoms with E-state index < -0.39 is 4.92 Å². The van der Waals surface area contributed by atoms with Crippen molar-refractivity contribution < 1.29 is 9.66 Å². The first-order chi connectivity index (χ1) is 10.5. The van der Waals surface area contributed by atoms with Crippen LogP contribution in [0.3, 0.4) is 0 Å². The number of benzene rings is 2. The van der Waals surface area contributed by atoms with Crippen molar-refractivity contribution in [2.75, 3.05) is 17.7 Å². The molecule has 2 aromatic carbocycles. The smallest absolute Gasteiger partial charge is 0.271 e. The number of nitro benzene ring substituents is 1. The number of thiocarbonyl (C=S) groups is 1. The van der Waals surface area contributed by atoms with Crippen molar-refractivity contribution in [2.24, 2.45) is 0 Å². The van der Waals surface area contributed by atoms with Gasteiger partial charge in [0.15, 0.2) is 5.11 Å². The molecule has 0 bridgehead atoms. The second-order valence-electron chi connectivity index (χ2n) is 4.54. The van der Waals surface area contributed by atoms with E-state index in [1.807, 2.05) is 31.2 Å². The molecule has 0 saturated carbocycles. The summed E-state index contributed by atoms with van der Waals surface area (Å²) >= 11 is 5.25. The lowest BCUT2D eigenvalue weighted by Gasteiger charge is -2.14. The van der Waals surface area contributed by atoms with E-state index in [1.165, 1.54) is 25.3 Å². The fourth-order valence-electron chi connectivity index (χ4n) is 1.90. The number of nitro groups is 1. The van der Waals surface area contributed by atoms with E-state index in [-0.39, 0.29) is 5.69 Å². The van der Waals surface area contributed by atoms with Crippen molar-refractivity contribution in [3.63, 3.8) is 0 Å². The summed E-state index contributed by atoms with van der Waals surface area (Å²) in [4.78, 5) is 10.4. The summed E-state index contributed by atoms with van der Waals surface area (Å²) in [6, 6.07) is 12.0. The van der Waals surface area contributed by atoms with Crippen molar-refractivity contribution in [2.45, 2.75) is 6.92 Å². The van der Waals surface area contributed by atoms with Crippen LogP contribution in [-0.2, 0) is 0 Å². The second kappa shape index (κ2) is 6.86. The summed E-state index contributed by atoms with van der Waals surface area (Å²) in [7, 11) is 1.49. The van der Waals surface area contributed by atoms with Gasteiger partial charge in [-0.05, 0) is 36.8 Å². The number of anilines is 2. The standard InChI is InChI=1S/C15H15N3O3S/c1-10-5-3-4-6-12(10)16-15(22)17-13-9-11(18(19)20)7-8-14(13)21-2/h3-9H,1-2H3,(H2,16,17,22). The van der Waals surface area contributed by atoms with Crippen LogP contribution in [0.15, 0.2) is 42.5 Å². The first-order valence-corrected chi connectivity index (χ1v) is 6.88. The molecule has 0 fully saturated rings. The summed E-state index contributed by atoms with van der Waals surface area (Å²) < 4.78 is 5.18.